The van der Waals surface area contributed by atoms with Crippen molar-refractivity contribution in [2.75, 3.05) is 11.4 Å². The van der Waals surface area contributed by atoms with Crippen LogP contribution in [0.5, 0.6) is 0 Å². The maximum atomic E-state index is 13.0. The maximum Gasteiger partial charge on any atom is 0.327 e. The zero-order valence-corrected chi connectivity index (χ0v) is 19.0. The summed E-state index contributed by atoms with van der Waals surface area (Å²) >= 11 is 0. The van der Waals surface area contributed by atoms with E-state index >= 15 is 0 Å². The van der Waals surface area contributed by atoms with Crippen LogP contribution >= 0.6 is 0 Å². The van der Waals surface area contributed by atoms with E-state index in [1.807, 2.05) is 32.4 Å². The van der Waals surface area contributed by atoms with Gasteiger partial charge in [-0.2, -0.15) is 5.10 Å². The summed E-state index contributed by atoms with van der Waals surface area (Å²) in [7, 11) is 1.91. The van der Waals surface area contributed by atoms with Gasteiger partial charge in [0.1, 0.15) is 5.82 Å². The van der Waals surface area contributed by atoms with Crippen molar-refractivity contribution in [3.8, 4) is 0 Å². The number of fused-ring (bicyclic) bond motifs is 1. The number of carbonyl (C=O) groups is 1. The van der Waals surface area contributed by atoms with E-state index in [9.17, 15) is 4.79 Å². The highest BCUT2D eigenvalue weighted by Gasteiger charge is 2.29. The predicted octanol–water partition coefficient (Wildman–Crippen LogP) is 5.28. The Labute approximate surface area is 179 Å². The fraction of sp³-hybridized carbons (Fsp3) is 0.458. The van der Waals surface area contributed by atoms with Gasteiger partial charge in [-0.05, 0) is 62.3 Å². The molecule has 1 N–H and O–H groups in total. The molecule has 1 aliphatic rings. The van der Waals surface area contributed by atoms with Crippen LogP contribution in [-0.4, -0.2) is 27.3 Å². The third-order valence-corrected chi connectivity index (χ3v) is 5.72. The summed E-state index contributed by atoms with van der Waals surface area (Å²) in [6.45, 7) is 11.2. The van der Waals surface area contributed by atoms with Crippen LogP contribution in [0.3, 0.4) is 0 Å². The monoisotopic (exact) mass is 407 g/mol. The Hall–Kier alpha value is -2.89. The summed E-state index contributed by atoms with van der Waals surface area (Å²) in [5.74, 6) is 1.26. The van der Waals surface area contributed by atoms with Crippen molar-refractivity contribution in [3.05, 3.63) is 52.6 Å². The van der Waals surface area contributed by atoms with Crippen molar-refractivity contribution >= 4 is 23.5 Å². The second-order valence-corrected chi connectivity index (χ2v) is 8.07. The number of rotatable bonds is 6. The van der Waals surface area contributed by atoms with Crippen LogP contribution in [0.15, 0.2) is 30.2 Å². The summed E-state index contributed by atoms with van der Waals surface area (Å²) in [4.78, 5) is 19.3. The SMILES string of the molecule is CC/C=C(\C)c1nn(C)cc1/C=C(\C)NC(=O)N1CCc2c(C(C)CC)ccnc21. The summed E-state index contributed by atoms with van der Waals surface area (Å²) in [5.41, 5.74) is 6.38. The number of pyridine rings is 1. The van der Waals surface area contributed by atoms with Crippen LogP contribution in [-0.2, 0) is 13.5 Å². The average Bonchev–Trinajstić information content (AvgIpc) is 3.30. The zero-order chi connectivity index (χ0) is 21.8. The van der Waals surface area contributed by atoms with E-state index in [0.29, 0.717) is 12.5 Å². The number of nitrogens with zero attached hydrogens (tertiary/aromatic N) is 4. The largest absolute Gasteiger partial charge is 0.327 e. The number of anilines is 1. The predicted molar refractivity (Wildman–Crippen MR) is 123 cm³/mol. The number of amides is 2. The zero-order valence-electron chi connectivity index (χ0n) is 19.0. The van der Waals surface area contributed by atoms with Gasteiger partial charge in [-0.3, -0.25) is 9.58 Å². The van der Waals surface area contributed by atoms with Gasteiger partial charge in [-0.15, -0.1) is 0 Å². The van der Waals surface area contributed by atoms with Gasteiger partial charge in [0.25, 0.3) is 0 Å². The molecule has 0 radical (unpaired) electrons. The number of hydrogen-bond acceptors (Lipinski definition) is 3. The Morgan fingerprint density at radius 1 is 1.33 bits per heavy atom. The Bertz CT molecular complexity index is 985. The molecule has 30 heavy (non-hydrogen) atoms. The lowest BCUT2D eigenvalue weighted by Gasteiger charge is -2.18. The van der Waals surface area contributed by atoms with E-state index in [1.165, 1.54) is 11.1 Å². The molecule has 1 atom stereocenters. The number of aryl methyl sites for hydroxylation is 1. The number of allylic oxidation sites excluding steroid dienone is 3. The average molecular weight is 408 g/mol. The lowest BCUT2D eigenvalue weighted by atomic mass is 9.94. The Morgan fingerprint density at radius 3 is 2.80 bits per heavy atom. The Kier molecular flexibility index (Phi) is 6.75. The summed E-state index contributed by atoms with van der Waals surface area (Å²) in [5, 5.41) is 7.61. The molecule has 3 rings (SSSR count). The van der Waals surface area contributed by atoms with Gasteiger partial charge < -0.3 is 5.32 Å². The first-order valence-electron chi connectivity index (χ1n) is 10.8. The lowest BCUT2D eigenvalue weighted by molar-refractivity contribution is 0.249. The van der Waals surface area contributed by atoms with Crippen molar-refractivity contribution in [3.63, 3.8) is 0 Å². The maximum absolute atomic E-state index is 13.0. The van der Waals surface area contributed by atoms with Crippen LogP contribution in [0.4, 0.5) is 10.6 Å². The molecule has 0 bridgehead atoms. The summed E-state index contributed by atoms with van der Waals surface area (Å²) in [6.07, 6.45) is 10.8. The molecule has 0 spiro atoms. The van der Waals surface area contributed by atoms with Crippen molar-refractivity contribution in [2.24, 2.45) is 7.05 Å². The highest BCUT2D eigenvalue weighted by atomic mass is 16.2. The van der Waals surface area contributed by atoms with E-state index in [-0.39, 0.29) is 6.03 Å². The molecule has 160 valence electrons. The van der Waals surface area contributed by atoms with E-state index in [1.54, 1.807) is 9.58 Å². The molecule has 2 aromatic heterocycles. The molecule has 0 aromatic carbocycles. The highest BCUT2D eigenvalue weighted by Crippen LogP contribution is 2.33. The molecular formula is C24H33N5O. The second-order valence-electron chi connectivity index (χ2n) is 8.07. The van der Waals surface area contributed by atoms with Crippen LogP contribution in [0.25, 0.3) is 11.6 Å². The van der Waals surface area contributed by atoms with E-state index in [0.717, 1.165) is 47.6 Å². The normalized spacial score (nSPS) is 15.3. The van der Waals surface area contributed by atoms with Crippen LogP contribution in [0, 0.1) is 0 Å². The minimum absolute atomic E-state index is 0.137. The molecule has 0 saturated carbocycles. The van der Waals surface area contributed by atoms with E-state index < -0.39 is 0 Å². The first-order valence-corrected chi connectivity index (χ1v) is 10.8. The fourth-order valence-electron chi connectivity index (χ4n) is 4.02. The van der Waals surface area contributed by atoms with Gasteiger partial charge in [-0.1, -0.05) is 26.8 Å². The molecule has 0 saturated heterocycles. The van der Waals surface area contributed by atoms with Crippen LogP contribution in [0.2, 0.25) is 0 Å². The minimum atomic E-state index is -0.137. The van der Waals surface area contributed by atoms with Gasteiger partial charge in [0.2, 0.25) is 0 Å². The number of nitrogens with one attached hydrogen (secondary N) is 1. The Balaban J connectivity index is 1.80. The Morgan fingerprint density at radius 2 is 2.10 bits per heavy atom. The third-order valence-electron chi connectivity index (χ3n) is 5.72. The third kappa shape index (κ3) is 4.48. The molecular weight excluding hydrogens is 374 g/mol. The van der Waals surface area contributed by atoms with Crippen LogP contribution < -0.4 is 10.2 Å². The highest BCUT2D eigenvalue weighted by molar-refractivity contribution is 5.94. The molecule has 1 unspecified atom stereocenters. The first-order chi connectivity index (χ1) is 14.3. The van der Waals surface area contributed by atoms with Crippen LogP contribution in [0.1, 0.15) is 75.8 Å². The first kappa shape index (κ1) is 21.8. The summed E-state index contributed by atoms with van der Waals surface area (Å²) in [6, 6.07) is 1.96. The molecule has 0 fully saturated rings. The molecule has 2 amide bonds. The number of hydrogen-bond donors (Lipinski definition) is 1. The van der Waals surface area contributed by atoms with Gasteiger partial charge in [0, 0.05) is 42.8 Å². The number of aromatic nitrogens is 3. The fourth-order valence-corrected chi connectivity index (χ4v) is 4.02. The van der Waals surface area contributed by atoms with Gasteiger partial charge in [0.05, 0.1) is 5.69 Å². The van der Waals surface area contributed by atoms with Crippen molar-refractivity contribution in [1.29, 1.82) is 0 Å². The molecule has 1 aliphatic heterocycles. The van der Waals surface area contributed by atoms with E-state index in [2.05, 4.69) is 55.2 Å². The smallest absolute Gasteiger partial charge is 0.312 e. The van der Waals surface area contributed by atoms with Crippen molar-refractivity contribution in [2.45, 2.75) is 59.8 Å². The lowest BCUT2D eigenvalue weighted by Crippen LogP contribution is -2.38. The van der Waals surface area contributed by atoms with Gasteiger partial charge in [0.15, 0.2) is 0 Å². The molecule has 6 heteroatoms. The summed E-state index contributed by atoms with van der Waals surface area (Å²) < 4.78 is 1.81. The minimum Gasteiger partial charge on any atom is -0.312 e. The second kappa shape index (κ2) is 9.28. The molecule has 2 aromatic rings. The van der Waals surface area contributed by atoms with Crippen molar-refractivity contribution in [1.82, 2.24) is 20.1 Å². The number of carbonyl (C=O) groups excluding carboxylic acids is 1. The molecule has 3 heterocycles. The van der Waals surface area contributed by atoms with Crippen molar-refractivity contribution < 1.29 is 4.79 Å². The van der Waals surface area contributed by atoms with Gasteiger partial charge >= 0.3 is 6.03 Å². The van der Waals surface area contributed by atoms with Gasteiger partial charge in [-0.25, -0.2) is 9.78 Å². The quantitative estimate of drug-likeness (QED) is 0.709. The standard InChI is InChI=1S/C24H33N5O/c1-7-9-17(4)22-19(15-28(6)27-22)14-18(5)26-24(30)29-13-11-21-20(16(3)8-2)10-12-25-23(21)29/h9-10,12,14-16H,7-8,11,13H2,1-6H3,(H,26,30)/b17-9+,18-14+. The molecule has 6 nitrogen and oxygen atoms in total. The topological polar surface area (TPSA) is 63.1 Å². The van der Waals surface area contributed by atoms with E-state index in [4.69, 9.17) is 0 Å². The number of urea groups is 1. The molecule has 0 aliphatic carbocycles.